The minimum Gasteiger partial charge on any atom is -0.326 e. The number of aryl methyl sites for hydroxylation is 3. The summed E-state index contributed by atoms with van der Waals surface area (Å²) < 4.78 is 0. The number of fused-ring (bicyclic) bond motifs is 1. The van der Waals surface area contributed by atoms with E-state index in [1.165, 1.54) is 0 Å². The molecule has 0 aliphatic carbocycles. The number of hydrogen-bond donors (Lipinski definition) is 2. The van der Waals surface area contributed by atoms with Gasteiger partial charge in [0.1, 0.15) is 5.82 Å². The minimum absolute atomic E-state index is 0.0165. The summed E-state index contributed by atoms with van der Waals surface area (Å²) in [6, 6.07) is 13.3. The standard InChI is InChI=1S/C21H23N3O2/c1-3-15-9-6-8-14(2)20(15)24-19(25)13-7-12-18-22-17-11-5-4-10-16(17)21(26)23-18/h4-6,8-11H,3,7,12-13H2,1-2H3,(H,24,25)(H,22,23,26). The Morgan fingerprint density at radius 2 is 1.96 bits per heavy atom. The normalized spacial score (nSPS) is 10.8. The highest BCUT2D eigenvalue weighted by molar-refractivity contribution is 5.92. The summed E-state index contributed by atoms with van der Waals surface area (Å²) in [6.45, 7) is 4.07. The largest absolute Gasteiger partial charge is 0.326 e. The molecule has 0 saturated heterocycles. The van der Waals surface area contributed by atoms with Crippen molar-refractivity contribution in [3.05, 3.63) is 69.8 Å². The third-order valence-electron chi connectivity index (χ3n) is 4.48. The number of anilines is 1. The molecule has 0 atom stereocenters. The fourth-order valence-corrected chi connectivity index (χ4v) is 3.07. The van der Waals surface area contributed by atoms with Gasteiger partial charge in [0.2, 0.25) is 5.91 Å². The Balaban J connectivity index is 1.62. The van der Waals surface area contributed by atoms with E-state index in [-0.39, 0.29) is 11.5 Å². The molecule has 1 heterocycles. The number of amides is 1. The van der Waals surface area contributed by atoms with E-state index >= 15 is 0 Å². The predicted molar refractivity (Wildman–Crippen MR) is 104 cm³/mol. The number of para-hydroxylation sites is 2. The first-order valence-corrected chi connectivity index (χ1v) is 8.94. The molecule has 26 heavy (non-hydrogen) atoms. The molecular weight excluding hydrogens is 326 g/mol. The highest BCUT2D eigenvalue weighted by Crippen LogP contribution is 2.21. The van der Waals surface area contributed by atoms with Crippen molar-refractivity contribution < 1.29 is 4.79 Å². The zero-order valence-electron chi connectivity index (χ0n) is 15.1. The maximum Gasteiger partial charge on any atom is 0.258 e. The van der Waals surface area contributed by atoms with Gasteiger partial charge in [-0.05, 0) is 43.0 Å². The van der Waals surface area contributed by atoms with E-state index in [0.717, 1.165) is 23.2 Å². The van der Waals surface area contributed by atoms with E-state index in [9.17, 15) is 9.59 Å². The van der Waals surface area contributed by atoms with E-state index < -0.39 is 0 Å². The van der Waals surface area contributed by atoms with Crippen LogP contribution in [0.5, 0.6) is 0 Å². The van der Waals surface area contributed by atoms with Gasteiger partial charge in [-0.3, -0.25) is 9.59 Å². The average molecular weight is 349 g/mol. The van der Waals surface area contributed by atoms with E-state index in [0.29, 0.717) is 36.0 Å². The van der Waals surface area contributed by atoms with Gasteiger partial charge in [0.25, 0.3) is 5.56 Å². The predicted octanol–water partition coefficient (Wildman–Crippen LogP) is 3.76. The fraction of sp³-hybridized carbons (Fsp3) is 0.286. The first-order valence-electron chi connectivity index (χ1n) is 8.94. The van der Waals surface area contributed by atoms with Gasteiger partial charge >= 0.3 is 0 Å². The van der Waals surface area contributed by atoms with Crippen LogP contribution < -0.4 is 10.9 Å². The van der Waals surface area contributed by atoms with Crippen LogP contribution in [-0.4, -0.2) is 15.9 Å². The van der Waals surface area contributed by atoms with Gasteiger partial charge in [-0.15, -0.1) is 0 Å². The number of carbonyl (C=O) groups is 1. The molecule has 0 aliphatic heterocycles. The number of rotatable bonds is 6. The number of aromatic amines is 1. The van der Waals surface area contributed by atoms with Crippen LogP contribution in [0.4, 0.5) is 5.69 Å². The van der Waals surface area contributed by atoms with Gasteiger partial charge in [-0.2, -0.15) is 0 Å². The monoisotopic (exact) mass is 349 g/mol. The van der Waals surface area contributed by atoms with Crippen molar-refractivity contribution in [1.29, 1.82) is 0 Å². The number of H-pyrrole nitrogens is 1. The lowest BCUT2D eigenvalue weighted by Crippen LogP contribution is -2.15. The summed E-state index contributed by atoms with van der Waals surface area (Å²) in [5.74, 6) is 0.601. The van der Waals surface area contributed by atoms with Crippen LogP contribution in [0.15, 0.2) is 47.3 Å². The topological polar surface area (TPSA) is 74.8 Å². The van der Waals surface area contributed by atoms with Crippen LogP contribution in [0.3, 0.4) is 0 Å². The quantitative estimate of drug-likeness (QED) is 0.711. The number of benzene rings is 2. The molecule has 0 aliphatic rings. The van der Waals surface area contributed by atoms with Gasteiger partial charge in [0.15, 0.2) is 0 Å². The lowest BCUT2D eigenvalue weighted by molar-refractivity contribution is -0.116. The highest BCUT2D eigenvalue weighted by Gasteiger charge is 2.09. The van der Waals surface area contributed by atoms with Crippen molar-refractivity contribution in [2.75, 3.05) is 5.32 Å². The van der Waals surface area contributed by atoms with E-state index in [1.807, 2.05) is 43.3 Å². The molecular formula is C21H23N3O2. The second-order valence-electron chi connectivity index (χ2n) is 6.39. The fourth-order valence-electron chi connectivity index (χ4n) is 3.07. The second-order valence-corrected chi connectivity index (χ2v) is 6.39. The third-order valence-corrected chi connectivity index (χ3v) is 4.48. The zero-order chi connectivity index (χ0) is 18.5. The Kier molecular flexibility index (Phi) is 5.46. The smallest absolute Gasteiger partial charge is 0.258 e. The molecule has 0 unspecified atom stereocenters. The third kappa shape index (κ3) is 3.99. The lowest BCUT2D eigenvalue weighted by Gasteiger charge is -2.12. The summed E-state index contributed by atoms with van der Waals surface area (Å²) in [5.41, 5.74) is 3.67. The Hall–Kier alpha value is -2.95. The van der Waals surface area contributed by atoms with Crippen LogP contribution in [0, 0.1) is 6.92 Å². The van der Waals surface area contributed by atoms with Crippen molar-refractivity contribution in [3.63, 3.8) is 0 Å². The molecule has 3 aromatic rings. The maximum absolute atomic E-state index is 12.3. The summed E-state index contributed by atoms with van der Waals surface area (Å²) in [7, 11) is 0. The van der Waals surface area contributed by atoms with Crippen LogP contribution in [0.25, 0.3) is 10.9 Å². The SMILES string of the molecule is CCc1cccc(C)c1NC(=O)CCCc1nc2ccccc2c(=O)[nH]1. The van der Waals surface area contributed by atoms with E-state index in [4.69, 9.17) is 0 Å². The lowest BCUT2D eigenvalue weighted by atomic mass is 10.1. The summed E-state index contributed by atoms with van der Waals surface area (Å²) in [5, 5.41) is 3.61. The maximum atomic E-state index is 12.3. The Labute approximate surface area is 152 Å². The van der Waals surface area contributed by atoms with Crippen LogP contribution in [0.2, 0.25) is 0 Å². The second kappa shape index (κ2) is 7.95. The Bertz CT molecular complexity index is 992. The number of nitrogens with one attached hydrogen (secondary N) is 2. The van der Waals surface area contributed by atoms with Crippen molar-refractivity contribution in [2.45, 2.75) is 39.5 Å². The van der Waals surface area contributed by atoms with Gasteiger partial charge in [0.05, 0.1) is 10.9 Å². The van der Waals surface area contributed by atoms with Crippen molar-refractivity contribution in [3.8, 4) is 0 Å². The molecule has 0 fully saturated rings. The highest BCUT2D eigenvalue weighted by atomic mass is 16.1. The van der Waals surface area contributed by atoms with Crippen molar-refractivity contribution >= 4 is 22.5 Å². The molecule has 0 bridgehead atoms. The molecule has 0 spiro atoms. The number of hydrogen-bond acceptors (Lipinski definition) is 3. The molecule has 0 radical (unpaired) electrons. The first kappa shape index (κ1) is 17.9. The number of aromatic nitrogens is 2. The summed E-state index contributed by atoms with van der Waals surface area (Å²) in [4.78, 5) is 31.6. The molecule has 1 amide bonds. The van der Waals surface area contributed by atoms with Crippen molar-refractivity contribution in [1.82, 2.24) is 9.97 Å². The number of nitrogens with zero attached hydrogens (tertiary/aromatic N) is 1. The van der Waals surface area contributed by atoms with Gasteiger partial charge < -0.3 is 10.3 Å². The molecule has 1 aromatic heterocycles. The van der Waals surface area contributed by atoms with Gasteiger partial charge in [-0.1, -0.05) is 37.3 Å². The molecule has 0 saturated carbocycles. The molecule has 3 rings (SSSR count). The van der Waals surface area contributed by atoms with E-state index in [2.05, 4.69) is 22.2 Å². The number of carbonyl (C=O) groups excluding carboxylic acids is 1. The molecule has 2 aromatic carbocycles. The van der Waals surface area contributed by atoms with Gasteiger partial charge in [-0.25, -0.2) is 4.98 Å². The molecule has 5 nitrogen and oxygen atoms in total. The van der Waals surface area contributed by atoms with Crippen LogP contribution >= 0.6 is 0 Å². The van der Waals surface area contributed by atoms with E-state index in [1.54, 1.807) is 6.07 Å². The molecule has 134 valence electrons. The Morgan fingerprint density at radius 3 is 2.77 bits per heavy atom. The summed E-state index contributed by atoms with van der Waals surface area (Å²) in [6.07, 6.45) is 2.44. The van der Waals surface area contributed by atoms with Crippen LogP contribution in [0.1, 0.15) is 36.7 Å². The minimum atomic E-state index is -0.137. The molecule has 5 heteroatoms. The van der Waals surface area contributed by atoms with Gasteiger partial charge in [0, 0.05) is 18.5 Å². The molecule has 2 N–H and O–H groups in total. The summed E-state index contributed by atoms with van der Waals surface area (Å²) >= 11 is 0. The first-order chi connectivity index (χ1) is 12.6. The van der Waals surface area contributed by atoms with Crippen molar-refractivity contribution in [2.24, 2.45) is 0 Å². The average Bonchev–Trinajstić information content (AvgIpc) is 2.63. The zero-order valence-corrected chi connectivity index (χ0v) is 15.1. The Morgan fingerprint density at radius 1 is 1.15 bits per heavy atom. The van der Waals surface area contributed by atoms with Crippen LogP contribution in [-0.2, 0) is 17.6 Å².